The summed E-state index contributed by atoms with van der Waals surface area (Å²) in [5.74, 6) is 0.383. The average Bonchev–Trinajstić information content (AvgIpc) is 2.64. The molecule has 4 N–H and O–H groups in total. The van der Waals surface area contributed by atoms with Gasteiger partial charge < -0.3 is 16.4 Å². The third-order valence-electron chi connectivity index (χ3n) is 2.85. The van der Waals surface area contributed by atoms with Gasteiger partial charge in [-0.1, -0.05) is 0 Å². The maximum atomic E-state index is 12.1. The van der Waals surface area contributed by atoms with Crippen LogP contribution in [0, 0.1) is 0 Å². The van der Waals surface area contributed by atoms with Crippen molar-refractivity contribution in [2.45, 2.75) is 12.5 Å². The molecule has 1 fully saturated rings. The van der Waals surface area contributed by atoms with Crippen LogP contribution in [0.2, 0.25) is 0 Å². The molecule has 0 aliphatic carbocycles. The Labute approximate surface area is 120 Å². The Kier molecular flexibility index (Phi) is 4.62. The lowest BCUT2D eigenvalue weighted by Crippen LogP contribution is -2.44. The molecule has 0 spiro atoms. The molecule has 1 heterocycles. The van der Waals surface area contributed by atoms with Gasteiger partial charge >= 0.3 is 0 Å². The third-order valence-corrected chi connectivity index (χ3v) is 3.91. The number of benzene rings is 1. The SMILES string of the molecule is NC(=O)c1ccc(NC(=O)[C@@H]2CSCCC(=O)N2)cc1. The van der Waals surface area contributed by atoms with Crippen LogP contribution in [0.25, 0.3) is 0 Å². The molecule has 106 valence electrons. The number of carbonyl (C=O) groups is 3. The summed E-state index contributed by atoms with van der Waals surface area (Å²) in [4.78, 5) is 34.4. The summed E-state index contributed by atoms with van der Waals surface area (Å²) < 4.78 is 0. The first-order valence-electron chi connectivity index (χ1n) is 6.14. The van der Waals surface area contributed by atoms with Crippen molar-refractivity contribution in [3.05, 3.63) is 29.8 Å². The lowest BCUT2D eigenvalue weighted by Gasteiger charge is -2.15. The summed E-state index contributed by atoms with van der Waals surface area (Å²) >= 11 is 1.57. The maximum Gasteiger partial charge on any atom is 0.248 e. The smallest absolute Gasteiger partial charge is 0.248 e. The van der Waals surface area contributed by atoms with Crippen molar-refractivity contribution in [1.29, 1.82) is 0 Å². The van der Waals surface area contributed by atoms with Crippen molar-refractivity contribution in [1.82, 2.24) is 5.32 Å². The van der Waals surface area contributed by atoms with Gasteiger partial charge in [-0.15, -0.1) is 0 Å². The summed E-state index contributed by atoms with van der Waals surface area (Å²) in [7, 11) is 0. The van der Waals surface area contributed by atoms with Gasteiger partial charge in [0.15, 0.2) is 0 Å². The van der Waals surface area contributed by atoms with Gasteiger partial charge in [-0.3, -0.25) is 14.4 Å². The number of hydrogen-bond donors (Lipinski definition) is 3. The first-order valence-corrected chi connectivity index (χ1v) is 7.29. The Bertz CT molecular complexity index is 530. The Morgan fingerprint density at radius 1 is 1.30 bits per heavy atom. The molecular weight excluding hydrogens is 278 g/mol. The van der Waals surface area contributed by atoms with Crippen molar-refractivity contribution in [3.8, 4) is 0 Å². The van der Waals surface area contributed by atoms with E-state index in [9.17, 15) is 14.4 Å². The van der Waals surface area contributed by atoms with Crippen LogP contribution in [-0.2, 0) is 9.59 Å². The molecule has 0 bridgehead atoms. The van der Waals surface area contributed by atoms with Gasteiger partial charge in [0.05, 0.1) is 0 Å². The van der Waals surface area contributed by atoms with Gasteiger partial charge in [0.25, 0.3) is 0 Å². The number of primary amides is 1. The minimum absolute atomic E-state index is 0.112. The minimum Gasteiger partial charge on any atom is -0.366 e. The molecule has 6 nitrogen and oxygen atoms in total. The number of nitrogens with one attached hydrogen (secondary N) is 2. The molecule has 7 heteroatoms. The van der Waals surface area contributed by atoms with E-state index >= 15 is 0 Å². The Morgan fingerprint density at radius 3 is 2.65 bits per heavy atom. The summed E-state index contributed by atoms with van der Waals surface area (Å²) in [5.41, 5.74) is 6.07. The monoisotopic (exact) mass is 293 g/mol. The van der Waals surface area contributed by atoms with E-state index in [0.717, 1.165) is 5.75 Å². The van der Waals surface area contributed by atoms with Gasteiger partial charge in [0.1, 0.15) is 6.04 Å². The van der Waals surface area contributed by atoms with Crippen LogP contribution >= 0.6 is 11.8 Å². The van der Waals surface area contributed by atoms with E-state index in [1.807, 2.05) is 0 Å². The lowest BCUT2D eigenvalue weighted by atomic mass is 10.2. The van der Waals surface area contributed by atoms with E-state index in [2.05, 4.69) is 10.6 Å². The number of thioether (sulfide) groups is 1. The van der Waals surface area contributed by atoms with Gasteiger partial charge in [0, 0.05) is 29.2 Å². The zero-order valence-electron chi connectivity index (χ0n) is 10.7. The number of anilines is 1. The topological polar surface area (TPSA) is 101 Å². The van der Waals surface area contributed by atoms with Gasteiger partial charge in [-0.25, -0.2) is 0 Å². The molecule has 1 atom stereocenters. The average molecular weight is 293 g/mol. The second kappa shape index (κ2) is 6.42. The number of carbonyl (C=O) groups excluding carboxylic acids is 3. The molecule has 0 unspecified atom stereocenters. The molecule has 0 radical (unpaired) electrons. The predicted molar refractivity (Wildman–Crippen MR) is 77.5 cm³/mol. The lowest BCUT2D eigenvalue weighted by molar-refractivity contribution is -0.125. The van der Waals surface area contributed by atoms with Crippen molar-refractivity contribution in [3.63, 3.8) is 0 Å². The van der Waals surface area contributed by atoms with Gasteiger partial charge in [0.2, 0.25) is 17.7 Å². The Morgan fingerprint density at radius 2 is 2.00 bits per heavy atom. The first kappa shape index (κ1) is 14.4. The van der Waals surface area contributed by atoms with Crippen LogP contribution in [0.15, 0.2) is 24.3 Å². The molecule has 3 amide bonds. The number of nitrogens with two attached hydrogens (primary N) is 1. The second-order valence-electron chi connectivity index (χ2n) is 4.38. The van der Waals surface area contributed by atoms with Crippen molar-refractivity contribution in [2.24, 2.45) is 5.73 Å². The van der Waals surface area contributed by atoms with E-state index in [1.54, 1.807) is 36.0 Å². The number of amides is 3. The zero-order valence-corrected chi connectivity index (χ0v) is 11.5. The van der Waals surface area contributed by atoms with Crippen LogP contribution in [0.4, 0.5) is 5.69 Å². The Hall–Kier alpha value is -2.02. The highest BCUT2D eigenvalue weighted by atomic mass is 32.2. The molecule has 1 aliphatic rings. The molecule has 1 aromatic carbocycles. The molecule has 0 aromatic heterocycles. The van der Waals surface area contributed by atoms with Crippen molar-refractivity contribution < 1.29 is 14.4 Å². The maximum absolute atomic E-state index is 12.1. The minimum atomic E-state index is -0.536. The van der Waals surface area contributed by atoms with Crippen molar-refractivity contribution >= 4 is 35.2 Å². The third kappa shape index (κ3) is 3.74. The zero-order chi connectivity index (χ0) is 14.5. The summed E-state index contributed by atoms with van der Waals surface area (Å²) in [6.07, 6.45) is 0.432. The van der Waals surface area contributed by atoms with Crippen LogP contribution in [0.5, 0.6) is 0 Å². The van der Waals surface area contributed by atoms with E-state index in [4.69, 9.17) is 5.73 Å². The first-order chi connectivity index (χ1) is 9.56. The summed E-state index contributed by atoms with van der Waals surface area (Å²) in [6, 6.07) is 5.75. The summed E-state index contributed by atoms with van der Waals surface area (Å²) in [6.45, 7) is 0. The Balaban J connectivity index is 1.99. The highest BCUT2D eigenvalue weighted by molar-refractivity contribution is 7.99. The van der Waals surface area contributed by atoms with Crippen LogP contribution in [0.3, 0.4) is 0 Å². The standard InChI is InChI=1S/C13H15N3O3S/c14-12(18)8-1-3-9(4-2-8)15-13(19)10-7-20-6-5-11(17)16-10/h1-4,10H,5-7H2,(H2,14,18)(H,15,19)(H,16,17)/t10-/m0/s1. The molecule has 1 aliphatic heterocycles. The molecule has 1 aromatic rings. The highest BCUT2D eigenvalue weighted by Crippen LogP contribution is 2.13. The number of hydrogen-bond acceptors (Lipinski definition) is 4. The van der Waals surface area contributed by atoms with Crippen molar-refractivity contribution in [2.75, 3.05) is 16.8 Å². The fraction of sp³-hybridized carbons (Fsp3) is 0.308. The van der Waals surface area contributed by atoms with E-state index < -0.39 is 11.9 Å². The largest absolute Gasteiger partial charge is 0.366 e. The number of rotatable bonds is 3. The molecule has 20 heavy (non-hydrogen) atoms. The fourth-order valence-corrected chi connectivity index (χ4v) is 2.73. The van der Waals surface area contributed by atoms with Gasteiger partial charge in [-0.05, 0) is 24.3 Å². The van der Waals surface area contributed by atoms with Crippen LogP contribution in [-0.4, -0.2) is 35.3 Å². The normalized spacial score (nSPS) is 18.8. The quantitative estimate of drug-likeness (QED) is 0.748. The van der Waals surface area contributed by atoms with Gasteiger partial charge in [-0.2, -0.15) is 11.8 Å². The van der Waals surface area contributed by atoms with Crippen LogP contribution < -0.4 is 16.4 Å². The molecule has 0 saturated carbocycles. The summed E-state index contributed by atoms with van der Waals surface area (Å²) in [5, 5.41) is 5.39. The highest BCUT2D eigenvalue weighted by Gasteiger charge is 2.23. The second-order valence-corrected chi connectivity index (χ2v) is 5.53. The fourth-order valence-electron chi connectivity index (χ4n) is 1.76. The van der Waals surface area contributed by atoms with Crippen LogP contribution in [0.1, 0.15) is 16.8 Å². The van der Waals surface area contributed by atoms with E-state index in [1.165, 1.54) is 0 Å². The van der Waals surface area contributed by atoms with E-state index in [0.29, 0.717) is 23.4 Å². The predicted octanol–water partition coefficient (Wildman–Crippen LogP) is 0.346. The molecule has 1 saturated heterocycles. The molecule has 2 rings (SSSR count). The van der Waals surface area contributed by atoms with E-state index in [-0.39, 0.29) is 11.8 Å². The molecular formula is C13H15N3O3S.